The van der Waals surface area contributed by atoms with Crippen LogP contribution in [0.3, 0.4) is 0 Å². The summed E-state index contributed by atoms with van der Waals surface area (Å²) in [5.41, 5.74) is 3.00. The number of carbonyl (C=O) groups excluding carboxylic acids is 1. The van der Waals surface area contributed by atoms with Crippen molar-refractivity contribution in [2.24, 2.45) is 5.92 Å². The molecule has 2 N–H and O–H groups in total. The molecule has 1 amide bonds. The number of aromatic nitrogens is 1. The van der Waals surface area contributed by atoms with Crippen LogP contribution in [0.15, 0.2) is 36.5 Å². The number of nitrogens with zero attached hydrogens (tertiary/aromatic N) is 1. The minimum Gasteiger partial charge on any atom is -0.438 e. The van der Waals surface area contributed by atoms with Gasteiger partial charge in [-0.25, -0.2) is 4.98 Å². The third kappa shape index (κ3) is 3.74. The molecular formula is C19H23N3O2. The van der Waals surface area contributed by atoms with Crippen molar-refractivity contribution in [1.29, 1.82) is 0 Å². The first-order valence-electron chi connectivity index (χ1n) is 8.31. The normalized spacial score (nSPS) is 16.8. The maximum absolute atomic E-state index is 12.2. The van der Waals surface area contributed by atoms with Crippen molar-refractivity contribution < 1.29 is 9.53 Å². The van der Waals surface area contributed by atoms with E-state index in [9.17, 15) is 4.79 Å². The Kier molecular flexibility index (Phi) is 5.11. The van der Waals surface area contributed by atoms with E-state index in [1.165, 1.54) is 0 Å². The first-order chi connectivity index (χ1) is 11.6. The third-order valence-corrected chi connectivity index (χ3v) is 4.34. The molecule has 0 aliphatic carbocycles. The zero-order valence-electron chi connectivity index (χ0n) is 14.1. The summed E-state index contributed by atoms with van der Waals surface area (Å²) in [4.78, 5) is 16.5. The van der Waals surface area contributed by atoms with Gasteiger partial charge in [-0.1, -0.05) is 24.3 Å². The molecule has 2 heterocycles. The van der Waals surface area contributed by atoms with E-state index >= 15 is 0 Å². The van der Waals surface area contributed by atoms with Crippen molar-refractivity contribution in [3.8, 4) is 11.6 Å². The number of ether oxygens (including phenoxy) is 1. The first kappa shape index (κ1) is 16.5. The van der Waals surface area contributed by atoms with Crippen LogP contribution in [-0.4, -0.2) is 24.0 Å². The van der Waals surface area contributed by atoms with Crippen molar-refractivity contribution >= 4 is 5.91 Å². The minimum atomic E-state index is 0.0599. The Labute approximate surface area is 142 Å². The number of pyridine rings is 1. The quantitative estimate of drug-likeness (QED) is 0.887. The maximum atomic E-state index is 12.2. The summed E-state index contributed by atoms with van der Waals surface area (Å²) in [6.45, 7) is 6.11. The largest absolute Gasteiger partial charge is 0.438 e. The Hall–Kier alpha value is -2.40. The zero-order chi connectivity index (χ0) is 16.9. The van der Waals surface area contributed by atoms with Gasteiger partial charge < -0.3 is 15.4 Å². The lowest BCUT2D eigenvalue weighted by Crippen LogP contribution is -2.31. The van der Waals surface area contributed by atoms with Gasteiger partial charge in [0.2, 0.25) is 11.8 Å². The van der Waals surface area contributed by atoms with Crippen molar-refractivity contribution in [2.75, 3.05) is 13.1 Å². The Morgan fingerprint density at radius 2 is 2.08 bits per heavy atom. The van der Waals surface area contributed by atoms with Crippen LogP contribution in [0.5, 0.6) is 11.6 Å². The van der Waals surface area contributed by atoms with Crippen molar-refractivity contribution in [1.82, 2.24) is 15.6 Å². The molecule has 2 aromatic rings. The highest BCUT2D eigenvalue weighted by Crippen LogP contribution is 2.29. The highest BCUT2D eigenvalue weighted by Gasteiger charge is 2.22. The molecule has 0 spiro atoms. The van der Waals surface area contributed by atoms with E-state index in [4.69, 9.17) is 4.74 Å². The molecule has 1 fully saturated rings. The van der Waals surface area contributed by atoms with Gasteiger partial charge in [-0.15, -0.1) is 0 Å². The highest BCUT2D eigenvalue weighted by molar-refractivity contribution is 5.79. The molecule has 5 heteroatoms. The third-order valence-electron chi connectivity index (χ3n) is 4.34. The van der Waals surface area contributed by atoms with Crippen LogP contribution in [0.25, 0.3) is 0 Å². The van der Waals surface area contributed by atoms with Crippen molar-refractivity contribution in [2.45, 2.75) is 26.8 Å². The van der Waals surface area contributed by atoms with Gasteiger partial charge in [0.05, 0.1) is 5.92 Å². The van der Waals surface area contributed by atoms with Gasteiger partial charge in [0, 0.05) is 24.8 Å². The van der Waals surface area contributed by atoms with Crippen molar-refractivity contribution in [3.05, 3.63) is 53.2 Å². The number of nitrogens with one attached hydrogen (secondary N) is 2. The van der Waals surface area contributed by atoms with E-state index in [-0.39, 0.29) is 11.8 Å². The molecule has 1 aromatic carbocycles. The van der Waals surface area contributed by atoms with E-state index in [0.717, 1.165) is 42.0 Å². The lowest BCUT2D eigenvalue weighted by atomic mass is 10.1. The highest BCUT2D eigenvalue weighted by atomic mass is 16.5. The number of carbonyl (C=O) groups is 1. The fraction of sp³-hybridized carbons (Fsp3) is 0.368. The number of hydrogen-bond acceptors (Lipinski definition) is 4. The van der Waals surface area contributed by atoms with Crippen LogP contribution >= 0.6 is 0 Å². The van der Waals surface area contributed by atoms with E-state index < -0.39 is 0 Å². The second-order valence-electron chi connectivity index (χ2n) is 6.20. The predicted molar refractivity (Wildman–Crippen MR) is 93.1 cm³/mol. The van der Waals surface area contributed by atoms with E-state index in [1.54, 1.807) is 6.20 Å². The summed E-state index contributed by atoms with van der Waals surface area (Å²) in [6, 6.07) is 9.83. The lowest BCUT2D eigenvalue weighted by Gasteiger charge is -2.15. The zero-order valence-corrected chi connectivity index (χ0v) is 14.1. The van der Waals surface area contributed by atoms with Crippen LogP contribution in [0.1, 0.15) is 23.1 Å². The van der Waals surface area contributed by atoms with Gasteiger partial charge in [-0.3, -0.25) is 4.79 Å². The average Bonchev–Trinajstić information content (AvgIpc) is 3.12. The number of hydrogen-bond donors (Lipinski definition) is 2. The summed E-state index contributed by atoms with van der Waals surface area (Å²) >= 11 is 0. The molecule has 1 aliphatic heterocycles. The topological polar surface area (TPSA) is 63.2 Å². The molecule has 1 aliphatic rings. The summed E-state index contributed by atoms with van der Waals surface area (Å²) < 4.78 is 6.05. The number of aryl methyl sites for hydroxylation is 2. The smallest absolute Gasteiger partial charge is 0.224 e. The van der Waals surface area contributed by atoms with E-state index in [2.05, 4.69) is 15.6 Å². The molecule has 24 heavy (non-hydrogen) atoms. The van der Waals surface area contributed by atoms with Gasteiger partial charge in [-0.2, -0.15) is 0 Å². The molecule has 0 radical (unpaired) electrons. The van der Waals surface area contributed by atoms with Gasteiger partial charge in [0.25, 0.3) is 0 Å². The molecule has 1 saturated heterocycles. The molecule has 3 rings (SSSR count). The van der Waals surface area contributed by atoms with E-state index in [0.29, 0.717) is 12.4 Å². The molecule has 0 unspecified atom stereocenters. The Morgan fingerprint density at radius 1 is 1.29 bits per heavy atom. The summed E-state index contributed by atoms with van der Waals surface area (Å²) in [6.07, 6.45) is 2.60. The second-order valence-corrected chi connectivity index (χ2v) is 6.20. The van der Waals surface area contributed by atoms with Crippen LogP contribution in [0.2, 0.25) is 0 Å². The standard InChI is InChI=1S/C19H23N3O2/c1-13-5-3-6-14(2)17(13)24-19-16(7-4-9-21-19)12-22-18(23)15-8-10-20-11-15/h3-7,9,15,20H,8,10-12H2,1-2H3,(H,22,23)/t15-/m1/s1. The summed E-state index contributed by atoms with van der Waals surface area (Å²) in [5.74, 6) is 1.51. The van der Waals surface area contributed by atoms with E-state index in [1.807, 2.05) is 44.2 Å². The lowest BCUT2D eigenvalue weighted by molar-refractivity contribution is -0.124. The Morgan fingerprint density at radius 3 is 2.79 bits per heavy atom. The number of amides is 1. The Balaban J connectivity index is 1.72. The van der Waals surface area contributed by atoms with Crippen LogP contribution in [0, 0.1) is 19.8 Å². The molecule has 1 aromatic heterocycles. The van der Waals surface area contributed by atoms with Gasteiger partial charge in [-0.05, 0) is 44.0 Å². The summed E-state index contributed by atoms with van der Waals surface area (Å²) in [7, 11) is 0. The molecule has 0 saturated carbocycles. The van der Waals surface area contributed by atoms with Crippen molar-refractivity contribution in [3.63, 3.8) is 0 Å². The molecule has 0 bridgehead atoms. The fourth-order valence-electron chi connectivity index (χ4n) is 2.91. The molecular weight excluding hydrogens is 302 g/mol. The number of benzene rings is 1. The first-order valence-corrected chi connectivity index (χ1v) is 8.31. The maximum Gasteiger partial charge on any atom is 0.224 e. The second kappa shape index (κ2) is 7.45. The monoisotopic (exact) mass is 325 g/mol. The summed E-state index contributed by atoms with van der Waals surface area (Å²) in [5, 5.41) is 6.21. The minimum absolute atomic E-state index is 0.0599. The van der Waals surface area contributed by atoms with Crippen LogP contribution in [0.4, 0.5) is 0 Å². The van der Waals surface area contributed by atoms with Gasteiger partial charge in [0.15, 0.2) is 0 Å². The number of para-hydroxylation sites is 1. The molecule has 126 valence electrons. The van der Waals surface area contributed by atoms with Gasteiger partial charge in [0.1, 0.15) is 5.75 Å². The predicted octanol–water partition coefficient (Wildman–Crippen LogP) is 2.72. The van der Waals surface area contributed by atoms with Crippen LogP contribution < -0.4 is 15.4 Å². The van der Waals surface area contributed by atoms with Crippen LogP contribution in [-0.2, 0) is 11.3 Å². The Bertz CT molecular complexity index is 704. The molecule has 1 atom stereocenters. The fourth-order valence-corrected chi connectivity index (χ4v) is 2.91. The molecule has 5 nitrogen and oxygen atoms in total. The SMILES string of the molecule is Cc1cccc(C)c1Oc1ncccc1CNC(=O)[C@@H]1CCNC1. The average molecular weight is 325 g/mol. The number of rotatable bonds is 5. The van der Waals surface area contributed by atoms with Gasteiger partial charge >= 0.3 is 0 Å².